The Labute approximate surface area is 91.1 Å². The van der Waals surface area contributed by atoms with Crippen LogP contribution in [0.5, 0.6) is 0 Å². The first kappa shape index (κ1) is 11.0. The Hall–Kier alpha value is -1.10. The molecule has 6 heteroatoms. The molecule has 74 valence electrons. The molecule has 0 bridgehead atoms. The lowest BCUT2D eigenvalue weighted by Gasteiger charge is -1.95. The fourth-order valence-electron chi connectivity index (χ4n) is 0.758. The van der Waals surface area contributed by atoms with Crippen molar-refractivity contribution in [2.24, 2.45) is 4.99 Å². The Morgan fingerprint density at radius 3 is 3.29 bits per heavy atom. The largest absolute Gasteiger partial charge is 0.302 e. The van der Waals surface area contributed by atoms with Crippen LogP contribution in [0, 0.1) is 0 Å². The summed E-state index contributed by atoms with van der Waals surface area (Å²) in [6.07, 6.45) is 0.451. The number of nitrogens with zero attached hydrogens (tertiary/aromatic N) is 2. The van der Waals surface area contributed by atoms with Gasteiger partial charge in [0.2, 0.25) is 5.91 Å². The van der Waals surface area contributed by atoms with Crippen molar-refractivity contribution in [2.45, 2.75) is 19.9 Å². The summed E-state index contributed by atoms with van der Waals surface area (Å²) in [5.74, 6) is -0.0377. The van der Waals surface area contributed by atoms with Gasteiger partial charge in [0.15, 0.2) is 5.13 Å². The number of amides is 1. The number of thiazole rings is 1. The van der Waals surface area contributed by atoms with E-state index in [1.54, 1.807) is 6.92 Å². The number of hydrogen-bond acceptors (Lipinski definition) is 5. The van der Waals surface area contributed by atoms with Crippen molar-refractivity contribution in [2.75, 3.05) is 5.32 Å². The lowest BCUT2D eigenvalue weighted by atomic mass is 10.5. The highest BCUT2D eigenvalue weighted by Gasteiger charge is 2.03. The zero-order chi connectivity index (χ0) is 10.4. The van der Waals surface area contributed by atoms with Crippen molar-refractivity contribution in [1.82, 2.24) is 4.98 Å². The van der Waals surface area contributed by atoms with E-state index < -0.39 is 0 Å². The van der Waals surface area contributed by atoms with Gasteiger partial charge in [0, 0.05) is 11.8 Å². The van der Waals surface area contributed by atoms with Crippen LogP contribution < -0.4 is 5.32 Å². The molecule has 0 radical (unpaired) electrons. The molecule has 1 aromatic heterocycles. The summed E-state index contributed by atoms with van der Waals surface area (Å²) in [6, 6.07) is 0. The molecule has 0 atom stereocenters. The number of thiocarbonyl (C=S) groups is 1. The molecule has 0 spiro atoms. The lowest BCUT2D eigenvalue weighted by molar-refractivity contribution is -0.115. The van der Waals surface area contributed by atoms with E-state index in [0.717, 1.165) is 5.69 Å². The topological polar surface area (TPSA) is 54.4 Å². The molecule has 4 nitrogen and oxygen atoms in total. The third kappa shape index (κ3) is 3.33. The monoisotopic (exact) mass is 227 g/mol. The molecule has 0 aromatic carbocycles. The normalized spacial score (nSPS) is 9.21. The van der Waals surface area contributed by atoms with Crippen LogP contribution in [0.4, 0.5) is 5.13 Å². The molecule has 1 rings (SSSR count). The van der Waals surface area contributed by atoms with Crippen molar-refractivity contribution in [3.8, 4) is 0 Å². The fourth-order valence-corrected chi connectivity index (χ4v) is 1.54. The van der Waals surface area contributed by atoms with Crippen LogP contribution >= 0.6 is 23.6 Å². The number of carbonyl (C=O) groups excluding carboxylic acids is 1. The fraction of sp³-hybridized carbons (Fsp3) is 0.375. The number of isothiocyanates is 1. The SMILES string of the molecule is CCC(=O)Nc1nc(CN=C=S)cs1. The molecule has 1 amide bonds. The van der Waals surface area contributed by atoms with Crippen LogP contribution in [0.3, 0.4) is 0 Å². The van der Waals surface area contributed by atoms with Crippen LogP contribution in [0.15, 0.2) is 10.4 Å². The Morgan fingerprint density at radius 1 is 1.86 bits per heavy atom. The van der Waals surface area contributed by atoms with Crippen LogP contribution in [0.2, 0.25) is 0 Å². The van der Waals surface area contributed by atoms with E-state index in [1.165, 1.54) is 11.3 Å². The smallest absolute Gasteiger partial charge is 0.225 e. The summed E-state index contributed by atoms with van der Waals surface area (Å²) in [4.78, 5) is 18.9. The number of rotatable bonds is 4. The number of anilines is 1. The first-order valence-electron chi connectivity index (χ1n) is 4.04. The molecule has 1 N–H and O–H groups in total. The molecule has 0 unspecified atom stereocenters. The van der Waals surface area contributed by atoms with Crippen LogP contribution in [-0.2, 0) is 11.3 Å². The van der Waals surface area contributed by atoms with Gasteiger partial charge in [0.05, 0.1) is 17.4 Å². The number of aliphatic imine (C=N–C) groups is 1. The van der Waals surface area contributed by atoms with E-state index in [-0.39, 0.29) is 5.91 Å². The maximum atomic E-state index is 11.0. The first-order chi connectivity index (χ1) is 6.76. The highest BCUT2D eigenvalue weighted by Crippen LogP contribution is 2.15. The predicted octanol–water partition coefficient (Wildman–Crippen LogP) is 2.09. The van der Waals surface area contributed by atoms with Crippen LogP contribution in [0.25, 0.3) is 0 Å². The summed E-state index contributed by atoms with van der Waals surface area (Å²) >= 11 is 5.81. The standard InChI is InChI=1S/C8H9N3OS2/c1-2-7(12)11-8-10-6(4-14-8)3-9-5-13/h4H,2-3H2,1H3,(H,10,11,12). The highest BCUT2D eigenvalue weighted by atomic mass is 32.1. The number of hydrogen-bond donors (Lipinski definition) is 1. The van der Waals surface area contributed by atoms with Gasteiger partial charge in [-0.05, 0) is 12.2 Å². The van der Waals surface area contributed by atoms with E-state index in [4.69, 9.17) is 0 Å². The second kappa shape index (κ2) is 5.59. The van der Waals surface area contributed by atoms with Crippen molar-refractivity contribution >= 4 is 39.8 Å². The number of carbonyl (C=O) groups is 1. The minimum Gasteiger partial charge on any atom is -0.302 e. The third-order valence-electron chi connectivity index (χ3n) is 1.42. The third-order valence-corrected chi connectivity index (χ3v) is 2.36. The van der Waals surface area contributed by atoms with Gasteiger partial charge in [-0.15, -0.1) is 11.3 Å². The summed E-state index contributed by atoms with van der Waals surface area (Å²) in [7, 11) is 0. The number of aromatic nitrogens is 1. The van der Waals surface area contributed by atoms with Crippen LogP contribution in [-0.4, -0.2) is 16.1 Å². The Bertz CT molecular complexity index is 368. The van der Waals surface area contributed by atoms with Gasteiger partial charge in [-0.3, -0.25) is 4.79 Å². The zero-order valence-corrected chi connectivity index (χ0v) is 9.24. The average Bonchev–Trinajstić information content (AvgIpc) is 2.62. The minimum absolute atomic E-state index is 0.0377. The molecular formula is C8H9N3OS2. The maximum Gasteiger partial charge on any atom is 0.225 e. The van der Waals surface area contributed by atoms with Crippen molar-refractivity contribution in [3.05, 3.63) is 11.1 Å². The van der Waals surface area contributed by atoms with Gasteiger partial charge in [0.25, 0.3) is 0 Å². The van der Waals surface area contributed by atoms with Gasteiger partial charge < -0.3 is 5.32 Å². The molecule has 1 heterocycles. The van der Waals surface area contributed by atoms with E-state index in [9.17, 15) is 4.79 Å². The van der Waals surface area contributed by atoms with Crippen molar-refractivity contribution in [3.63, 3.8) is 0 Å². The quantitative estimate of drug-likeness (QED) is 0.633. The van der Waals surface area contributed by atoms with E-state index in [0.29, 0.717) is 18.1 Å². The summed E-state index contributed by atoms with van der Waals surface area (Å²) < 4.78 is 0. The molecule has 0 saturated carbocycles. The Balaban J connectivity index is 2.58. The second-order valence-electron chi connectivity index (χ2n) is 2.45. The molecule has 0 aliphatic heterocycles. The second-order valence-corrected chi connectivity index (χ2v) is 3.49. The molecule has 1 aromatic rings. The molecular weight excluding hydrogens is 218 g/mol. The number of nitrogens with one attached hydrogen (secondary N) is 1. The molecule has 0 aliphatic carbocycles. The van der Waals surface area contributed by atoms with Crippen molar-refractivity contribution in [1.29, 1.82) is 0 Å². The highest BCUT2D eigenvalue weighted by molar-refractivity contribution is 7.78. The average molecular weight is 227 g/mol. The van der Waals surface area contributed by atoms with Crippen LogP contribution in [0.1, 0.15) is 19.0 Å². The molecule has 14 heavy (non-hydrogen) atoms. The van der Waals surface area contributed by atoms with E-state index in [2.05, 4.69) is 32.7 Å². The molecule has 0 fully saturated rings. The summed E-state index contributed by atoms with van der Waals surface area (Å²) in [6.45, 7) is 2.21. The lowest BCUT2D eigenvalue weighted by Crippen LogP contribution is -2.08. The van der Waals surface area contributed by atoms with Gasteiger partial charge >= 0.3 is 0 Å². The summed E-state index contributed by atoms with van der Waals surface area (Å²) in [5, 5.41) is 7.37. The van der Waals surface area contributed by atoms with Gasteiger partial charge in [-0.2, -0.15) is 0 Å². The van der Waals surface area contributed by atoms with Gasteiger partial charge in [-0.25, -0.2) is 9.98 Å². The Kier molecular flexibility index (Phi) is 4.39. The zero-order valence-electron chi connectivity index (χ0n) is 7.61. The van der Waals surface area contributed by atoms with Gasteiger partial charge in [0.1, 0.15) is 0 Å². The van der Waals surface area contributed by atoms with Gasteiger partial charge in [-0.1, -0.05) is 6.92 Å². The molecule has 0 aliphatic rings. The van der Waals surface area contributed by atoms with E-state index in [1.807, 2.05) is 5.38 Å². The predicted molar refractivity (Wildman–Crippen MR) is 59.8 cm³/mol. The van der Waals surface area contributed by atoms with Crippen molar-refractivity contribution < 1.29 is 4.79 Å². The maximum absolute atomic E-state index is 11.0. The first-order valence-corrected chi connectivity index (χ1v) is 5.33. The Morgan fingerprint density at radius 2 is 2.64 bits per heavy atom. The summed E-state index contributed by atoms with van der Waals surface area (Å²) in [5.41, 5.74) is 0.791. The minimum atomic E-state index is -0.0377. The van der Waals surface area contributed by atoms with E-state index >= 15 is 0 Å². The molecule has 0 saturated heterocycles.